The van der Waals surface area contributed by atoms with Crippen LogP contribution >= 0.6 is 0 Å². The molecule has 1 aliphatic heterocycles. The van der Waals surface area contributed by atoms with E-state index >= 15 is 0 Å². The molecule has 0 aromatic carbocycles. The molecule has 0 radical (unpaired) electrons. The average Bonchev–Trinajstić information content (AvgIpc) is 2.80. The van der Waals surface area contributed by atoms with Gasteiger partial charge in [-0.15, -0.1) is 0 Å². The van der Waals surface area contributed by atoms with E-state index < -0.39 is 0 Å². The minimum atomic E-state index is 0.418. The SMILES string of the molecule is CN(CC1Cc2nc[nH]c2CN1)CC1(N(C)C)CCC1. The fourth-order valence-electron chi connectivity index (χ4n) is 3.63. The van der Waals surface area contributed by atoms with E-state index in [1.807, 2.05) is 6.33 Å². The van der Waals surface area contributed by atoms with Crippen molar-refractivity contribution in [3.63, 3.8) is 0 Å². The Balaban J connectivity index is 1.53. The quantitative estimate of drug-likeness (QED) is 0.837. The van der Waals surface area contributed by atoms with Gasteiger partial charge in [-0.05, 0) is 40.4 Å². The lowest BCUT2D eigenvalue weighted by Crippen LogP contribution is -2.58. The third-order valence-electron chi connectivity index (χ3n) is 5.14. The monoisotopic (exact) mass is 277 g/mol. The molecular formula is C15H27N5. The third kappa shape index (κ3) is 2.62. The van der Waals surface area contributed by atoms with E-state index in [-0.39, 0.29) is 0 Å². The number of aromatic nitrogens is 2. The van der Waals surface area contributed by atoms with Gasteiger partial charge in [-0.25, -0.2) is 4.98 Å². The average molecular weight is 277 g/mol. The summed E-state index contributed by atoms with van der Waals surface area (Å²) in [6.07, 6.45) is 6.91. The molecule has 0 saturated heterocycles. The van der Waals surface area contributed by atoms with Crippen LogP contribution in [0.15, 0.2) is 6.33 Å². The van der Waals surface area contributed by atoms with E-state index in [9.17, 15) is 0 Å². The molecule has 5 nitrogen and oxygen atoms in total. The maximum absolute atomic E-state index is 4.42. The van der Waals surface area contributed by atoms with Gasteiger partial charge in [0.2, 0.25) is 0 Å². The molecule has 1 fully saturated rings. The zero-order valence-corrected chi connectivity index (χ0v) is 12.9. The Bertz CT molecular complexity index is 449. The number of fused-ring (bicyclic) bond motifs is 1. The summed E-state index contributed by atoms with van der Waals surface area (Å²) >= 11 is 0. The first-order valence-corrected chi connectivity index (χ1v) is 7.69. The van der Waals surface area contributed by atoms with Crippen LogP contribution in [0.5, 0.6) is 0 Å². The molecule has 112 valence electrons. The highest BCUT2D eigenvalue weighted by molar-refractivity contribution is 5.16. The van der Waals surface area contributed by atoms with Crippen molar-refractivity contribution in [1.82, 2.24) is 25.1 Å². The molecule has 1 unspecified atom stereocenters. The number of nitrogens with one attached hydrogen (secondary N) is 2. The van der Waals surface area contributed by atoms with E-state index in [0.717, 1.165) is 19.5 Å². The Hall–Kier alpha value is -0.910. The van der Waals surface area contributed by atoms with Gasteiger partial charge in [-0.2, -0.15) is 0 Å². The fourth-order valence-corrected chi connectivity index (χ4v) is 3.63. The van der Waals surface area contributed by atoms with Crippen molar-refractivity contribution < 1.29 is 0 Å². The smallest absolute Gasteiger partial charge is 0.0925 e. The summed E-state index contributed by atoms with van der Waals surface area (Å²) in [6, 6.07) is 0.523. The zero-order valence-electron chi connectivity index (χ0n) is 12.9. The van der Waals surface area contributed by atoms with Gasteiger partial charge in [0.25, 0.3) is 0 Å². The molecule has 5 heteroatoms. The summed E-state index contributed by atoms with van der Waals surface area (Å²) in [6.45, 7) is 3.19. The maximum atomic E-state index is 4.42. The molecule has 0 spiro atoms. The van der Waals surface area contributed by atoms with Crippen LogP contribution in [0, 0.1) is 0 Å². The Morgan fingerprint density at radius 2 is 2.15 bits per heavy atom. The van der Waals surface area contributed by atoms with Gasteiger partial charge in [-0.1, -0.05) is 0 Å². The maximum Gasteiger partial charge on any atom is 0.0925 e. The lowest BCUT2D eigenvalue weighted by Gasteiger charge is -2.49. The van der Waals surface area contributed by atoms with E-state index in [1.165, 1.54) is 37.2 Å². The highest BCUT2D eigenvalue weighted by Crippen LogP contribution is 2.36. The first kappa shape index (κ1) is 14.0. The number of aromatic amines is 1. The number of likely N-dealkylation sites (N-methyl/N-ethyl adjacent to an activating group) is 2. The number of hydrogen-bond donors (Lipinski definition) is 2. The van der Waals surface area contributed by atoms with Crippen molar-refractivity contribution in [3.05, 3.63) is 17.7 Å². The van der Waals surface area contributed by atoms with Crippen LogP contribution in [-0.2, 0) is 13.0 Å². The minimum Gasteiger partial charge on any atom is -0.347 e. The molecule has 20 heavy (non-hydrogen) atoms. The van der Waals surface area contributed by atoms with Crippen LogP contribution in [0.25, 0.3) is 0 Å². The van der Waals surface area contributed by atoms with Gasteiger partial charge >= 0.3 is 0 Å². The normalized spacial score (nSPS) is 24.8. The van der Waals surface area contributed by atoms with Crippen molar-refractivity contribution in [2.45, 2.75) is 43.8 Å². The summed E-state index contributed by atoms with van der Waals surface area (Å²) in [4.78, 5) is 12.5. The molecule has 2 heterocycles. The topological polar surface area (TPSA) is 47.2 Å². The van der Waals surface area contributed by atoms with E-state index in [0.29, 0.717) is 11.6 Å². The van der Waals surface area contributed by atoms with Crippen molar-refractivity contribution in [2.24, 2.45) is 0 Å². The van der Waals surface area contributed by atoms with Crippen molar-refractivity contribution in [2.75, 3.05) is 34.2 Å². The van der Waals surface area contributed by atoms with Crippen molar-refractivity contribution >= 4 is 0 Å². The molecule has 1 saturated carbocycles. The number of nitrogens with zero attached hydrogens (tertiary/aromatic N) is 3. The summed E-state index contributed by atoms with van der Waals surface area (Å²) in [5.74, 6) is 0. The second kappa shape index (κ2) is 5.47. The fraction of sp³-hybridized carbons (Fsp3) is 0.800. The number of H-pyrrole nitrogens is 1. The second-order valence-electron chi connectivity index (χ2n) is 6.78. The molecule has 2 N–H and O–H groups in total. The van der Waals surface area contributed by atoms with Gasteiger partial charge < -0.3 is 20.1 Å². The Labute approximate surface area is 121 Å². The largest absolute Gasteiger partial charge is 0.347 e. The highest BCUT2D eigenvalue weighted by Gasteiger charge is 2.40. The number of rotatable bonds is 5. The highest BCUT2D eigenvalue weighted by atomic mass is 15.2. The lowest BCUT2D eigenvalue weighted by atomic mass is 9.75. The second-order valence-corrected chi connectivity index (χ2v) is 6.78. The zero-order chi connectivity index (χ0) is 14.2. The molecule has 1 aliphatic carbocycles. The van der Waals surface area contributed by atoms with Crippen LogP contribution in [0.3, 0.4) is 0 Å². The first-order valence-electron chi connectivity index (χ1n) is 7.69. The summed E-state index contributed by atoms with van der Waals surface area (Å²) in [5, 5.41) is 3.62. The van der Waals surface area contributed by atoms with Gasteiger partial charge in [0.15, 0.2) is 0 Å². The van der Waals surface area contributed by atoms with Crippen LogP contribution in [0.2, 0.25) is 0 Å². The lowest BCUT2D eigenvalue weighted by molar-refractivity contribution is 0.0253. The molecule has 0 bridgehead atoms. The van der Waals surface area contributed by atoms with Crippen LogP contribution in [0.4, 0.5) is 0 Å². The molecule has 2 aliphatic rings. The standard InChI is InChI=1S/C15H27N5/c1-19(2)15(5-4-6-15)10-20(3)9-12-7-13-14(8-16-12)18-11-17-13/h11-12,16H,4-10H2,1-3H3,(H,17,18). The van der Waals surface area contributed by atoms with Crippen LogP contribution in [0.1, 0.15) is 30.7 Å². The molecule has 0 amide bonds. The first-order chi connectivity index (χ1) is 9.59. The van der Waals surface area contributed by atoms with Crippen LogP contribution in [-0.4, -0.2) is 65.6 Å². The van der Waals surface area contributed by atoms with Crippen LogP contribution < -0.4 is 5.32 Å². The predicted octanol–water partition coefficient (Wildman–Crippen LogP) is 0.840. The number of hydrogen-bond acceptors (Lipinski definition) is 4. The van der Waals surface area contributed by atoms with E-state index in [1.54, 1.807) is 0 Å². The molecule has 3 rings (SSSR count). The van der Waals surface area contributed by atoms with Gasteiger partial charge in [0, 0.05) is 37.6 Å². The predicted molar refractivity (Wildman–Crippen MR) is 80.7 cm³/mol. The molecule has 1 aromatic rings. The minimum absolute atomic E-state index is 0.418. The summed E-state index contributed by atoms with van der Waals surface area (Å²) in [7, 11) is 6.70. The Kier molecular flexibility index (Phi) is 3.84. The Morgan fingerprint density at radius 3 is 2.80 bits per heavy atom. The van der Waals surface area contributed by atoms with Crippen molar-refractivity contribution in [3.8, 4) is 0 Å². The van der Waals surface area contributed by atoms with Gasteiger partial charge in [0.05, 0.1) is 17.7 Å². The summed E-state index contributed by atoms with van der Waals surface area (Å²) in [5.41, 5.74) is 2.92. The van der Waals surface area contributed by atoms with Crippen molar-refractivity contribution in [1.29, 1.82) is 0 Å². The van der Waals surface area contributed by atoms with E-state index in [2.05, 4.69) is 46.2 Å². The van der Waals surface area contributed by atoms with Gasteiger partial charge in [0.1, 0.15) is 0 Å². The van der Waals surface area contributed by atoms with Gasteiger partial charge in [-0.3, -0.25) is 0 Å². The summed E-state index contributed by atoms with van der Waals surface area (Å²) < 4.78 is 0. The number of imidazole rings is 1. The molecule has 1 aromatic heterocycles. The molecular weight excluding hydrogens is 250 g/mol. The van der Waals surface area contributed by atoms with E-state index in [4.69, 9.17) is 0 Å². The third-order valence-corrected chi connectivity index (χ3v) is 5.14. The molecule has 1 atom stereocenters. The Morgan fingerprint density at radius 1 is 1.35 bits per heavy atom.